The minimum absolute atomic E-state index is 0.185. The summed E-state index contributed by atoms with van der Waals surface area (Å²) in [7, 11) is 0. The number of carbonyl (C=O) groups excluding carboxylic acids is 2. The molecule has 1 N–H and O–H groups in total. The van der Waals surface area contributed by atoms with Crippen molar-refractivity contribution in [2.24, 2.45) is 0 Å². The van der Waals surface area contributed by atoms with Crippen molar-refractivity contribution in [2.45, 2.75) is 32.7 Å². The molecule has 0 saturated carbocycles. The predicted molar refractivity (Wildman–Crippen MR) is 118 cm³/mol. The molecule has 0 fully saturated rings. The van der Waals surface area contributed by atoms with Gasteiger partial charge in [-0.25, -0.2) is 0 Å². The summed E-state index contributed by atoms with van der Waals surface area (Å²) in [6.07, 6.45) is 0. The lowest BCUT2D eigenvalue weighted by Crippen LogP contribution is -2.32. The fraction of sp³-hybridized carbons (Fsp3) is 0.231. The number of benzene rings is 3. The lowest BCUT2D eigenvalue weighted by atomic mass is 9.88. The summed E-state index contributed by atoms with van der Waals surface area (Å²) in [6, 6.07) is 20.7. The van der Waals surface area contributed by atoms with E-state index in [1.54, 1.807) is 0 Å². The molecule has 0 unspecified atom stereocenters. The quantitative estimate of drug-likeness (QED) is 0.598. The summed E-state index contributed by atoms with van der Waals surface area (Å²) in [4.78, 5) is 25.5. The highest BCUT2D eigenvalue weighted by molar-refractivity contribution is 5.88. The predicted octanol–water partition coefficient (Wildman–Crippen LogP) is 4.96. The maximum atomic E-state index is 13.0. The molecule has 5 nitrogen and oxygen atoms in total. The molecule has 1 aliphatic rings. The van der Waals surface area contributed by atoms with Gasteiger partial charge in [0.15, 0.2) is 6.61 Å². The number of aryl methyl sites for hydroxylation is 2. The van der Waals surface area contributed by atoms with Crippen LogP contribution < -0.4 is 10.1 Å². The van der Waals surface area contributed by atoms with Gasteiger partial charge in [0.2, 0.25) is 0 Å². The Morgan fingerprint density at radius 1 is 0.935 bits per heavy atom. The molecule has 0 saturated heterocycles. The van der Waals surface area contributed by atoms with Crippen LogP contribution in [0.2, 0.25) is 0 Å². The number of rotatable bonds is 5. The molecule has 0 aliphatic carbocycles. The third-order valence-electron chi connectivity index (χ3n) is 5.67. The Morgan fingerprint density at radius 2 is 1.55 bits per heavy atom. The Kier molecular flexibility index (Phi) is 5.76. The summed E-state index contributed by atoms with van der Waals surface area (Å²) in [5, 5.41) is 2.90. The molecule has 1 amide bonds. The van der Waals surface area contributed by atoms with Crippen LogP contribution in [0.3, 0.4) is 0 Å². The summed E-state index contributed by atoms with van der Waals surface area (Å²) in [5.74, 6) is -0.206. The van der Waals surface area contributed by atoms with E-state index in [9.17, 15) is 9.59 Å². The van der Waals surface area contributed by atoms with Gasteiger partial charge in [-0.2, -0.15) is 0 Å². The van der Waals surface area contributed by atoms with Crippen molar-refractivity contribution < 1.29 is 19.1 Å². The normalized spacial score (nSPS) is 13.4. The maximum absolute atomic E-state index is 13.0. The smallest absolute Gasteiger partial charge is 0.318 e. The summed E-state index contributed by atoms with van der Waals surface area (Å²) in [5.41, 5.74) is 4.84. The van der Waals surface area contributed by atoms with Gasteiger partial charge in [-0.1, -0.05) is 54.6 Å². The molecule has 4 rings (SSSR count). The van der Waals surface area contributed by atoms with E-state index in [-0.39, 0.29) is 18.6 Å². The third kappa shape index (κ3) is 4.31. The highest BCUT2D eigenvalue weighted by Crippen LogP contribution is 2.44. The lowest BCUT2D eigenvalue weighted by Gasteiger charge is -2.26. The van der Waals surface area contributed by atoms with E-state index < -0.39 is 11.9 Å². The number of amides is 1. The van der Waals surface area contributed by atoms with Crippen LogP contribution in [0.4, 0.5) is 0 Å². The fourth-order valence-corrected chi connectivity index (χ4v) is 3.78. The summed E-state index contributed by atoms with van der Waals surface area (Å²) < 4.78 is 11.3. The topological polar surface area (TPSA) is 64.6 Å². The Labute approximate surface area is 182 Å². The van der Waals surface area contributed by atoms with Crippen LogP contribution in [-0.4, -0.2) is 18.5 Å². The number of hydrogen-bond donors (Lipinski definition) is 1. The first-order chi connectivity index (χ1) is 14.9. The number of fused-ring (bicyclic) bond motifs is 2. The largest absolute Gasteiger partial charge is 0.457 e. The van der Waals surface area contributed by atoms with Gasteiger partial charge >= 0.3 is 5.97 Å². The molecule has 0 aromatic heterocycles. The molecular formula is C26H25NO4. The van der Waals surface area contributed by atoms with E-state index in [2.05, 4.69) is 18.3 Å². The molecular weight excluding hydrogens is 390 g/mol. The zero-order chi connectivity index (χ0) is 22.0. The van der Waals surface area contributed by atoms with Crippen molar-refractivity contribution in [2.75, 3.05) is 6.61 Å². The van der Waals surface area contributed by atoms with E-state index in [1.165, 1.54) is 11.1 Å². The maximum Gasteiger partial charge on any atom is 0.318 e. The molecule has 3 aromatic carbocycles. The zero-order valence-corrected chi connectivity index (χ0v) is 17.8. The molecule has 0 bridgehead atoms. The summed E-state index contributed by atoms with van der Waals surface area (Å²) >= 11 is 0. The van der Waals surface area contributed by atoms with Gasteiger partial charge in [-0.3, -0.25) is 9.59 Å². The van der Waals surface area contributed by atoms with Crippen molar-refractivity contribution in [3.05, 3.63) is 94.5 Å². The number of nitrogens with one attached hydrogen (secondary N) is 1. The van der Waals surface area contributed by atoms with Crippen LogP contribution in [-0.2, 0) is 14.3 Å². The van der Waals surface area contributed by atoms with Gasteiger partial charge in [-0.15, -0.1) is 0 Å². The number of para-hydroxylation sites is 2. The van der Waals surface area contributed by atoms with Crippen molar-refractivity contribution in [1.29, 1.82) is 0 Å². The lowest BCUT2D eigenvalue weighted by molar-refractivity contribution is -0.149. The van der Waals surface area contributed by atoms with Gasteiger partial charge in [0.25, 0.3) is 5.91 Å². The van der Waals surface area contributed by atoms with Crippen LogP contribution in [0.15, 0.2) is 66.7 Å². The van der Waals surface area contributed by atoms with E-state index >= 15 is 0 Å². The van der Waals surface area contributed by atoms with Crippen LogP contribution in [0.1, 0.15) is 46.7 Å². The highest BCUT2D eigenvalue weighted by atomic mass is 16.5. The molecule has 31 heavy (non-hydrogen) atoms. The van der Waals surface area contributed by atoms with Crippen molar-refractivity contribution in [3.63, 3.8) is 0 Å². The molecule has 0 radical (unpaired) electrons. The summed E-state index contributed by atoms with van der Waals surface area (Å²) in [6.45, 7) is 5.66. The van der Waals surface area contributed by atoms with E-state index in [0.717, 1.165) is 16.7 Å². The van der Waals surface area contributed by atoms with Crippen LogP contribution >= 0.6 is 0 Å². The standard InChI is InChI=1S/C26H25NO4/c1-16-12-13-19(14-17(16)2)18(3)27-24(28)15-30-26(29)25-20-8-4-6-10-22(20)31-23-11-7-5-9-21(23)25/h4-14,18,25H,15H2,1-3H3,(H,27,28)/t18-/m0/s1. The van der Waals surface area contributed by atoms with Crippen molar-refractivity contribution in [1.82, 2.24) is 5.32 Å². The second kappa shape index (κ2) is 8.64. The Hall–Kier alpha value is -3.60. The SMILES string of the molecule is Cc1ccc([C@H](C)NC(=O)COC(=O)C2c3ccccc3Oc3ccccc32)cc1C. The average molecular weight is 415 g/mol. The number of ether oxygens (including phenoxy) is 2. The van der Waals surface area contributed by atoms with Gasteiger partial charge in [0.05, 0.1) is 6.04 Å². The molecule has 1 atom stereocenters. The fourth-order valence-electron chi connectivity index (χ4n) is 3.78. The number of carbonyl (C=O) groups is 2. The van der Waals surface area contributed by atoms with Crippen LogP contribution in [0.5, 0.6) is 11.5 Å². The van der Waals surface area contributed by atoms with Crippen LogP contribution in [0, 0.1) is 13.8 Å². The number of esters is 1. The molecule has 1 heterocycles. The van der Waals surface area contributed by atoms with Crippen molar-refractivity contribution >= 4 is 11.9 Å². The molecule has 5 heteroatoms. The van der Waals surface area contributed by atoms with Crippen molar-refractivity contribution in [3.8, 4) is 11.5 Å². The minimum atomic E-state index is -0.633. The highest BCUT2D eigenvalue weighted by Gasteiger charge is 2.33. The molecule has 158 valence electrons. The van der Waals surface area contributed by atoms with Gasteiger partial charge in [0.1, 0.15) is 17.4 Å². The second-order valence-electron chi connectivity index (χ2n) is 7.85. The Morgan fingerprint density at radius 3 is 2.16 bits per heavy atom. The monoisotopic (exact) mass is 415 g/mol. The first-order valence-corrected chi connectivity index (χ1v) is 10.3. The Balaban J connectivity index is 1.44. The molecule has 3 aromatic rings. The average Bonchev–Trinajstić information content (AvgIpc) is 2.77. The Bertz CT molecular complexity index is 1090. The molecule has 1 aliphatic heterocycles. The first-order valence-electron chi connectivity index (χ1n) is 10.3. The van der Waals surface area contributed by atoms with E-state index in [1.807, 2.05) is 74.5 Å². The minimum Gasteiger partial charge on any atom is -0.457 e. The van der Waals surface area contributed by atoms with Crippen LogP contribution in [0.25, 0.3) is 0 Å². The van der Waals surface area contributed by atoms with Gasteiger partial charge in [-0.05, 0) is 49.6 Å². The van der Waals surface area contributed by atoms with E-state index in [0.29, 0.717) is 11.5 Å². The number of hydrogen-bond acceptors (Lipinski definition) is 4. The molecule has 0 spiro atoms. The van der Waals surface area contributed by atoms with Gasteiger partial charge < -0.3 is 14.8 Å². The van der Waals surface area contributed by atoms with Gasteiger partial charge in [0, 0.05) is 11.1 Å². The van der Waals surface area contributed by atoms with E-state index in [4.69, 9.17) is 9.47 Å². The third-order valence-corrected chi connectivity index (χ3v) is 5.67. The second-order valence-corrected chi connectivity index (χ2v) is 7.85. The zero-order valence-electron chi connectivity index (χ0n) is 17.8. The first kappa shape index (κ1) is 20.7.